The number of aromatic nitrogens is 1. The average Bonchev–Trinajstić information content (AvgIpc) is 2.26. The SMILES string of the molecule is C=CC/N=c1\cc[nH]c2ccccc12. The molecular formula is C12H12N2. The number of hydrogen-bond donors (Lipinski definition) is 1. The Morgan fingerprint density at radius 2 is 2.14 bits per heavy atom. The standard InChI is InChI=1S/C12H12N2/c1-2-8-13-12-7-9-14-11-6-4-3-5-10(11)12/h2-7,9H,1,8H2,(H,13,14). The van der Waals surface area contributed by atoms with E-state index in [9.17, 15) is 0 Å². The number of para-hydroxylation sites is 1. The molecule has 0 radical (unpaired) electrons. The van der Waals surface area contributed by atoms with E-state index in [4.69, 9.17) is 0 Å². The molecule has 2 heteroatoms. The summed E-state index contributed by atoms with van der Waals surface area (Å²) in [6.45, 7) is 4.31. The molecule has 0 spiro atoms. The second-order valence-corrected chi connectivity index (χ2v) is 3.04. The van der Waals surface area contributed by atoms with Gasteiger partial charge in [0.15, 0.2) is 0 Å². The molecule has 0 amide bonds. The molecule has 1 N–H and O–H groups in total. The highest BCUT2D eigenvalue weighted by Gasteiger charge is 1.92. The van der Waals surface area contributed by atoms with Crippen LogP contribution >= 0.6 is 0 Å². The van der Waals surface area contributed by atoms with Crippen molar-refractivity contribution in [2.45, 2.75) is 0 Å². The molecule has 14 heavy (non-hydrogen) atoms. The highest BCUT2D eigenvalue weighted by molar-refractivity contribution is 5.77. The van der Waals surface area contributed by atoms with Crippen LogP contribution < -0.4 is 5.36 Å². The minimum Gasteiger partial charge on any atom is -0.361 e. The number of rotatable bonds is 2. The van der Waals surface area contributed by atoms with Crippen LogP contribution in [0.15, 0.2) is 54.2 Å². The molecule has 0 fully saturated rings. The van der Waals surface area contributed by atoms with E-state index in [0.717, 1.165) is 16.3 Å². The first-order valence-electron chi connectivity index (χ1n) is 4.59. The third-order valence-electron chi connectivity index (χ3n) is 2.07. The third kappa shape index (κ3) is 1.59. The second-order valence-electron chi connectivity index (χ2n) is 3.04. The van der Waals surface area contributed by atoms with Gasteiger partial charge in [-0.3, -0.25) is 4.99 Å². The predicted octanol–water partition coefficient (Wildman–Crippen LogP) is 2.25. The molecule has 2 aromatic rings. The van der Waals surface area contributed by atoms with Crippen LogP contribution in [-0.4, -0.2) is 11.5 Å². The zero-order valence-electron chi connectivity index (χ0n) is 7.90. The molecule has 1 aromatic carbocycles. The fourth-order valence-electron chi connectivity index (χ4n) is 1.43. The third-order valence-corrected chi connectivity index (χ3v) is 2.07. The van der Waals surface area contributed by atoms with Crippen molar-refractivity contribution in [3.8, 4) is 0 Å². The maximum Gasteiger partial charge on any atom is 0.0685 e. The van der Waals surface area contributed by atoms with Crippen LogP contribution in [0.3, 0.4) is 0 Å². The minimum atomic E-state index is 0.661. The molecule has 0 bridgehead atoms. The number of fused-ring (bicyclic) bond motifs is 1. The van der Waals surface area contributed by atoms with Crippen LogP contribution in [0.5, 0.6) is 0 Å². The largest absolute Gasteiger partial charge is 0.361 e. The van der Waals surface area contributed by atoms with Crippen LogP contribution in [0, 0.1) is 0 Å². The van der Waals surface area contributed by atoms with E-state index in [1.807, 2.05) is 30.5 Å². The minimum absolute atomic E-state index is 0.661. The van der Waals surface area contributed by atoms with Crippen molar-refractivity contribution < 1.29 is 0 Å². The zero-order chi connectivity index (χ0) is 9.80. The van der Waals surface area contributed by atoms with Gasteiger partial charge in [0.05, 0.1) is 11.9 Å². The molecule has 1 aromatic heterocycles. The van der Waals surface area contributed by atoms with E-state index in [2.05, 4.69) is 22.6 Å². The molecule has 0 aliphatic carbocycles. The van der Waals surface area contributed by atoms with Crippen molar-refractivity contribution in [1.29, 1.82) is 0 Å². The monoisotopic (exact) mass is 184 g/mol. The number of pyridine rings is 1. The van der Waals surface area contributed by atoms with E-state index < -0.39 is 0 Å². The topological polar surface area (TPSA) is 28.1 Å². The highest BCUT2D eigenvalue weighted by atomic mass is 14.7. The molecular weight excluding hydrogens is 172 g/mol. The molecule has 70 valence electrons. The quantitative estimate of drug-likeness (QED) is 0.693. The Labute approximate surface area is 82.6 Å². The summed E-state index contributed by atoms with van der Waals surface area (Å²) in [5, 5.41) is 2.16. The second kappa shape index (κ2) is 3.92. The van der Waals surface area contributed by atoms with Crippen molar-refractivity contribution in [1.82, 2.24) is 4.98 Å². The van der Waals surface area contributed by atoms with Gasteiger partial charge in [0, 0.05) is 17.1 Å². The summed E-state index contributed by atoms with van der Waals surface area (Å²) in [7, 11) is 0. The highest BCUT2D eigenvalue weighted by Crippen LogP contribution is 2.04. The van der Waals surface area contributed by atoms with Crippen molar-refractivity contribution in [3.05, 3.63) is 54.5 Å². The summed E-state index contributed by atoms with van der Waals surface area (Å²) in [5.74, 6) is 0. The number of nitrogens with one attached hydrogen (secondary N) is 1. The van der Waals surface area contributed by atoms with Gasteiger partial charge in [-0.1, -0.05) is 24.3 Å². The van der Waals surface area contributed by atoms with Gasteiger partial charge in [-0.15, -0.1) is 6.58 Å². The van der Waals surface area contributed by atoms with Crippen LogP contribution in [0.1, 0.15) is 0 Å². The maximum atomic E-state index is 4.41. The number of H-pyrrole nitrogens is 1. The molecule has 0 saturated carbocycles. The van der Waals surface area contributed by atoms with Crippen LogP contribution in [-0.2, 0) is 0 Å². The van der Waals surface area contributed by atoms with Gasteiger partial charge in [-0.05, 0) is 12.1 Å². The van der Waals surface area contributed by atoms with Gasteiger partial charge < -0.3 is 4.98 Å². The average molecular weight is 184 g/mol. The first-order valence-corrected chi connectivity index (χ1v) is 4.59. The predicted molar refractivity (Wildman–Crippen MR) is 58.9 cm³/mol. The normalized spacial score (nSPS) is 11.9. The molecule has 0 aliphatic rings. The van der Waals surface area contributed by atoms with Gasteiger partial charge in [0.1, 0.15) is 0 Å². The fraction of sp³-hybridized carbons (Fsp3) is 0.0833. The van der Waals surface area contributed by atoms with Gasteiger partial charge in [-0.25, -0.2) is 0 Å². The molecule has 0 unspecified atom stereocenters. The van der Waals surface area contributed by atoms with E-state index in [1.54, 1.807) is 6.08 Å². The smallest absolute Gasteiger partial charge is 0.0685 e. The molecule has 0 saturated heterocycles. The van der Waals surface area contributed by atoms with Crippen molar-refractivity contribution in [3.63, 3.8) is 0 Å². The molecule has 1 heterocycles. The summed E-state index contributed by atoms with van der Waals surface area (Å²) in [6, 6.07) is 10.1. The van der Waals surface area contributed by atoms with Crippen LogP contribution in [0.25, 0.3) is 10.9 Å². The fourth-order valence-corrected chi connectivity index (χ4v) is 1.43. The number of hydrogen-bond acceptors (Lipinski definition) is 1. The number of nitrogens with zero attached hydrogens (tertiary/aromatic N) is 1. The van der Waals surface area contributed by atoms with E-state index >= 15 is 0 Å². The van der Waals surface area contributed by atoms with Gasteiger partial charge in [0.2, 0.25) is 0 Å². The zero-order valence-corrected chi connectivity index (χ0v) is 7.90. The Balaban J connectivity index is 2.71. The van der Waals surface area contributed by atoms with Gasteiger partial charge in [-0.2, -0.15) is 0 Å². The van der Waals surface area contributed by atoms with Crippen molar-refractivity contribution >= 4 is 10.9 Å². The van der Waals surface area contributed by atoms with E-state index in [1.165, 1.54) is 0 Å². The first-order chi connectivity index (χ1) is 6.92. The van der Waals surface area contributed by atoms with E-state index in [-0.39, 0.29) is 0 Å². The lowest BCUT2D eigenvalue weighted by atomic mass is 10.2. The molecule has 0 aliphatic heterocycles. The summed E-state index contributed by atoms with van der Waals surface area (Å²) in [5.41, 5.74) is 1.11. The summed E-state index contributed by atoms with van der Waals surface area (Å²) >= 11 is 0. The van der Waals surface area contributed by atoms with Crippen molar-refractivity contribution in [2.24, 2.45) is 4.99 Å². The Morgan fingerprint density at radius 3 is 3.00 bits per heavy atom. The number of aromatic amines is 1. The summed E-state index contributed by atoms with van der Waals surface area (Å²) in [6.07, 6.45) is 3.70. The summed E-state index contributed by atoms with van der Waals surface area (Å²) in [4.78, 5) is 7.60. The molecule has 0 atom stereocenters. The lowest BCUT2D eigenvalue weighted by Gasteiger charge is -1.97. The Hall–Kier alpha value is -1.83. The lowest BCUT2D eigenvalue weighted by Crippen LogP contribution is -2.03. The Morgan fingerprint density at radius 1 is 1.29 bits per heavy atom. The van der Waals surface area contributed by atoms with Crippen LogP contribution in [0.2, 0.25) is 0 Å². The lowest BCUT2D eigenvalue weighted by molar-refractivity contribution is 1.15. The summed E-state index contributed by atoms with van der Waals surface area (Å²) < 4.78 is 0. The van der Waals surface area contributed by atoms with Crippen molar-refractivity contribution in [2.75, 3.05) is 6.54 Å². The molecule has 2 rings (SSSR count). The number of benzene rings is 1. The molecule has 2 nitrogen and oxygen atoms in total. The van der Waals surface area contributed by atoms with E-state index in [0.29, 0.717) is 6.54 Å². The maximum absolute atomic E-state index is 4.41. The van der Waals surface area contributed by atoms with Gasteiger partial charge in [0.25, 0.3) is 0 Å². The van der Waals surface area contributed by atoms with Gasteiger partial charge >= 0.3 is 0 Å². The Bertz CT molecular complexity index is 503. The van der Waals surface area contributed by atoms with Crippen LogP contribution in [0.4, 0.5) is 0 Å². The first kappa shape index (κ1) is 8.75. The Kier molecular flexibility index (Phi) is 2.45.